The summed E-state index contributed by atoms with van der Waals surface area (Å²) in [5.74, 6) is -0.580. The molecule has 5 heteroatoms. The highest BCUT2D eigenvalue weighted by atomic mass is 16.5. The Kier molecular flexibility index (Phi) is 3.10. The van der Waals surface area contributed by atoms with Crippen molar-refractivity contribution in [3.05, 3.63) is 52.8 Å². The molecular formula is C16H14N2O3. The van der Waals surface area contributed by atoms with Gasteiger partial charge in [0.05, 0.1) is 12.7 Å². The highest BCUT2D eigenvalue weighted by molar-refractivity contribution is 6.34. The van der Waals surface area contributed by atoms with Crippen LogP contribution in [0.25, 0.3) is 11.6 Å². The molecule has 0 radical (unpaired) electrons. The molecule has 2 heterocycles. The van der Waals surface area contributed by atoms with Gasteiger partial charge >= 0.3 is 5.97 Å². The minimum absolute atomic E-state index is 0.148. The van der Waals surface area contributed by atoms with Crippen molar-refractivity contribution in [3.63, 3.8) is 0 Å². The van der Waals surface area contributed by atoms with Crippen molar-refractivity contribution in [2.24, 2.45) is 0 Å². The summed E-state index contributed by atoms with van der Waals surface area (Å²) >= 11 is 0. The van der Waals surface area contributed by atoms with E-state index in [1.807, 2.05) is 31.2 Å². The van der Waals surface area contributed by atoms with Gasteiger partial charge in [-0.2, -0.15) is 0 Å². The van der Waals surface area contributed by atoms with Crippen molar-refractivity contribution in [3.8, 4) is 0 Å². The fourth-order valence-electron chi connectivity index (χ4n) is 2.37. The Balaban J connectivity index is 2.05. The largest absolute Gasteiger partial charge is 0.464 e. The Morgan fingerprint density at radius 2 is 2.05 bits per heavy atom. The van der Waals surface area contributed by atoms with Crippen LogP contribution in [0, 0.1) is 6.92 Å². The second kappa shape index (κ2) is 4.94. The monoisotopic (exact) mass is 282 g/mol. The Bertz CT molecular complexity index is 772. The molecule has 0 aliphatic carbocycles. The van der Waals surface area contributed by atoms with E-state index in [2.05, 4.69) is 15.0 Å². The molecule has 0 spiro atoms. The van der Waals surface area contributed by atoms with Gasteiger partial charge in [-0.15, -0.1) is 0 Å². The van der Waals surface area contributed by atoms with Crippen LogP contribution in [-0.4, -0.2) is 24.0 Å². The Hall–Kier alpha value is -2.82. The molecule has 5 nitrogen and oxygen atoms in total. The number of H-pyrrole nitrogens is 1. The third-order valence-electron chi connectivity index (χ3n) is 3.46. The molecule has 2 aromatic rings. The van der Waals surface area contributed by atoms with Crippen LogP contribution in [0.5, 0.6) is 0 Å². The Morgan fingerprint density at radius 3 is 2.81 bits per heavy atom. The van der Waals surface area contributed by atoms with Crippen LogP contribution in [0.15, 0.2) is 30.3 Å². The van der Waals surface area contributed by atoms with Gasteiger partial charge in [0, 0.05) is 16.9 Å². The normalized spacial score (nSPS) is 15.0. The number of ether oxygens (including phenoxy) is 1. The lowest BCUT2D eigenvalue weighted by Gasteiger charge is -1.98. The van der Waals surface area contributed by atoms with E-state index in [-0.39, 0.29) is 5.91 Å². The summed E-state index contributed by atoms with van der Waals surface area (Å²) in [5, 5.41) is 2.82. The van der Waals surface area contributed by atoms with Crippen molar-refractivity contribution in [1.82, 2.24) is 4.98 Å². The second-order valence-corrected chi connectivity index (χ2v) is 4.83. The summed E-state index contributed by atoms with van der Waals surface area (Å²) in [6, 6.07) is 9.21. The zero-order chi connectivity index (χ0) is 15.0. The number of carbonyl (C=O) groups is 2. The minimum Gasteiger partial charge on any atom is -0.464 e. The molecule has 0 bridgehead atoms. The van der Waals surface area contributed by atoms with E-state index in [1.54, 1.807) is 12.1 Å². The van der Waals surface area contributed by atoms with Gasteiger partial charge in [-0.05, 0) is 30.7 Å². The quantitative estimate of drug-likeness (QED) is 0.657. The van der Waals surface area contributed by atoms with Gasteiger partial charge in [0.25, 0.3) is 5.91 Å². The number of anilines is 1. The van der Waals surface area contributed by atoms with Gasteiger partial charge in [0.2, 0.25) is 0 Å². The first-order chi connectivity index (χ1) is 10.1. The fourth-order valence-corrected chi connectivity index (χ4v) is 2.37. The van der Waals surface area contributed by atoms with Crippen LogP contribution in [0.2, 0.25) is 0 Å². The van der Waals surface area contributed by atoms with Crippen molar-refractivity contribution >= 4 is 29.2 Å². The summed E-state index contributed by atoms with van der Waals surface area (Å²) in [7, 11) is 1.33. The average molecular weight is 282 g/mol. The van der Waals surface area contributed by atoms with Gasteiger partial charge in [0.1, 0.15) is 5.69 Å². The third-order valence-corrected chi connectivity index (χ3v) is 3.46. The van der Waals surface area contributed by atoms with Crippen molar-refractivity contribution in [2.45, 2.75) is 6.92 Å². The van der Waals surface area contributed by atoms with E-state index in [9.17, 15) is 9.59 Å². The summed E-state index contributed by atoms with van der Waals surface area (Å²) < 4.78 is 4.68. The molecule has 1 aromatic heterocycles. The molecule has 1 aliphatic rings. The first-order valence-corrected chi connectivity index (χ1v) is 6.50. The van der Waals surface area contributed by atoms with E-state index in [4.69, 9.17) is 0 Å². The summed E-state index contributed by atoms with van der Waals surface area (Å²) in [6.07, 6.45) is 1.75. The zero-order valence-corrected chi connectivity index (χ0v) is 11.7. The average Bonchev–Trinajstić information content (AvgIpc) is 3.00. The predicted octanol–water partition coefficient (Wildman–Crippen LogP) is 2.60. The van der Waals surface area contributed by atoms with Gasteiger partial charge in [0.15, 0.2) is 0 Å². The lowest BCUT2D eigenvalue weighted by Crippen LogP contribution is -2.04. The van der Waals surface area contributed by atoms with E-state index in [1.165, 1.54) is 7.11 Å². The maximum atomic E-state index is 12.1. The number of hydrogen-bond donors (Lipinski definition) is 2. The molecule has 1 aromatic carbocycles. The van der Waals surface area contributed by atoms with Gasteiger partial charge in [-0.1, -0.05) is 18.2 Å². The Morgan fingerprint density at radius 1 is 1.29 bits per heavy atom. The number of hydrogen-bond acceptors (Lipinski definition) is 3. The second-order valence-electron chi connectivity index (χ2n) is 4.83. The minimum atomic E-state index is -0.431. The van der Waals surface area contributed by atoms with Gasteiger partial charge < -0.3 is 15.0 Å². The van der Waals surface area contributed by atoms with Crippen LogP contribution in [0.3, 0.4) is 0 Å². The fraction of sp³-hybridized carbons (Fsp3) is 0.125. The van der Waals surface area contributed by atoms with Gasteiger partial charge in [-0.25, -0.2) is 4.79 Å². The molecule has 0 unspecified atom stereocenters. The summed E-state index contributed by atoms with van der Waals surface area (Å²) in [5.41, 5.74) is 4.19. The maximum absolute atomic E-state index is 12.1. The molecule has 0 fully saturated rings. The molecule has 3 rings (SSSR count). The molecule has 1 aliphatic heterocycles. The highest BCUT2D eigenvalue weighted by Gasteiger charge is 2.24. The number of fused-ring (bicyclic) bond motifs is 1. The predicted molar refractivity (Wildman–Crippen MR) is 79.8 cm³/mol. The SMILES string of the molecule is COC(=O)c1cc(C)c(C=C2C(=O)Nc3ccccc32)[nH]1. The summed E-state index contributed by atoms with van der Waals surface area (Å²) in [6.45, 7) is 1.87. The van der Waals surface area contributed by atoms with Crippen LogP contribution >= 0.6 is 0 Å². The molecule has 2 N–H and O–H groups in total. The number of aromatic amines is 1. The first kappa shape index (κ1) is 13.2. The van der Waals surface area contributed by atoms with Crippen molar-refractivity contribution in [2.75, 3.05) is 12.4 Å². The number of benzene rings is 1. The number of para-hydroxylation sites is 1. The summed E-state index contributed by atoms with van der Waals surface area (Å²) in [4.78, 5) is 26.6. The third kappa shape index (κ3) is 2.23. The highest BCUT2D eigenvalue weighted by Crippen LogP contribution is 2.32. The van der Waals surface area contributed by atoms with Gasteiger partial charge in [-0.3, -0.25) is 4.79 Å². The molecule has 0 saturated heterocycles. The molecule has 0 saturated carbocycles. The maximum Gasteiger partial charge on any atom is 0.354 e. The van der Waals surface area contributed by atoms with Crippen LogP contribution in [0.1, 0.15) is 27.3 Å². The topological polar surface area (TPSA) is 71.2 Å². The number of nitrogens with one attached hydrogen (secondary N) is 2. The van der Waals surface area contributed by atoms with Crippen molar-refractivity contribution in [1.29, 1.82) is 0 Å². The Labute approximate surface area is 121 Å². The van der Waals surface area contributed by atoms with Crippen LogP contribution < -0.4 is 5.32 Å². The van der Waals surface area contributed by atoms with E-state index in [0.717, 1.165) is 22.5 Å². The molecule has 106 valence electrons. The molecular weight excluding hydrogens is 268 g/mol. The number of amides is 1. The van der Waals surface area contributed by atoms with E-state index in [0.29, 0.717) is 11.3 Å². The lowest BCUT2D eigenvalue weighted by atomic mass is 10.1. The number of carbonyl (C=O) groups excluding carboxylic acids is 2. The van der Waals surface area contributed by atoms with Crippen LogP contribution in [0.4, 0.5) is 5.69 Å². The number of rotatable bonds is 2. The smallest absolute Gasteiger partial charge is 0.354 e. The number of aromatic nitrogens is 1. The molecule has 1 amide bonds. The number of esters is 1. The van der Waals surface area contributed by atoms with Crippen LogP contribution in [-0.2, 0) is 9.53 Å². The first-order valence-electron chi connectivity index (χ1n) is 6.50. The van der Waals surface area contributed by atoms with E-state index >= 15 is 0 Å². The zero-order valence-electron chi connectivity index (χ0n) is 11.7. The lowest BCUT2D eigenvalue weighted by molar-refractivity contribution is -0.110. The molecule has 21 heavy (non-hydrogen) atoms. The standard InChI is InChI=1S/C16H14N2O3/c1-9-7-14(16(20)21-2)17-13(9)8-11-10-5-3-4-6-12(10)18-15(11)19/h3-8,17H,1-2H3,(H,18,19). The van der Waals surface area contributed by atoms with E-state index < -0.39 is 5.97 Å². The van der Waals surface area contributed by atoms with Crippen molar-refractivity contribution < 1.29 is 14.3 Å². The number of methoxy groups -OCH3 is 1. The number of aryl methyl sites for hydroxylation is 1. The molecule has 0 atom stereocenters.